The summed E-state index contributed by atoms with van der Waals surface area (Å²) in [7, 11) is 1.47. The molecule has 1 aromatic heterocycles. The van der Waals surface area contributed by atoms with Crippen LogP contribution in [-0.4, -0.2) is 46.6 Å². The van der Waals surface area contributed by atoms with E-state index in [0.29, 0.717) is 41.3 Å². The molecule has 3 aromatic rings. The largest absolute Gasteiger partial charge is 0.496 e. The van der Waals surface area contributed by atoms with E-state index >= 15 is 0 Å². The Morgan fingerprint density at radius 3 is 2.76 bits per heavy atom. The number of likely N-dealkylation sites (tertiary alicyclic amines) is 1. The Balaban J connectivity index is 1.46. The Bertz CT molecular complexity index is 1170. The van der Waals surface area contributed by atoms with Crippen LogP contribution in [0.2, 0.25) is 5.02 Å². The monoisotopic (exact) mass is 472 g/mol. The van der Waals surface area contributed by atoms with Crippen LogP contribution in [0.3, 0.4) is 0 Å². The lowest BCUT2D eigenvalue weighted by molar-refractivity contribution is -0.125. The standard InChI is InChI=1S/C23H22ClFN4O4/c1-13(22-27-20(28-33-22)14-5-8-16(25)9-6-14)26-21(30)18-4-3-11-29(18)23(31)17-12-15(24)7-10-19(17)32-2/h5-10,12-13,18H,3-4,11H2,1-2H3,(H,26,30). The lowest BCUT2D eigenvalue weighted by Gasteiger charge is -2.25. The molecule has 0 saturated carbocycles. The highest BCUT2D eigenvalue weighted by atomic mass is 35.5. The van der Waals surface area contributed by atoms with Crippen LogP contribution < -0.4 is 10.1 Å². The van der Waals surface area contributed by atoms with E-state index in [2.05, 4.69) is 15.5 Å². The van der Waals surface area contributed by atoms with Crippen LogP contribution in [0, 0.1) is 5.82 Å². The van der Waals surface area contributed by atoms with Crippen molar-refractivity contribution >= 4 is 23.4 Å². The minimum Gasteiger partial charge on any atom is -0.496 e. The van der Waals surface area contributed by atoms with Crippen molar-refractivity contribution in [3.05, 3.63) is 64.8 Å². The SMILES string of the molecule is COc1ccc(Cl)cc1C(=O)N1CCCC1C(=O)NC(C)c1nc(-c2ccc(F)cc2)no1. The van der Waals surface area contributed by atoms with Crippen molar-refractivity contribution in [2.45, 2.75) is 31.8 Å². The fourth-order valence-corrected chi connectivity index (χ4v) is 3.96. The third-order valence-corrected chi connectivity index (χ3v) is 5.72. The summed E-state index contributed by atoms with van der Waals surface area (Å²) in [6.07, 6.45) is 1.22. The first kappa shape index (κ1) is 22.7. The van der Waals surface area contributed by atoms with Crippen molar-refractivity contribution in [2.24, 2.45) is 0 Å². The quantitative estimate of drug-likeness (QED) is 0.582. The summed E-state index contributed by atoms with van der Waals surface area (Å²) in [6, 6.07) is 9.25. The van der Waals surface area contributed by atoms with E-state index < -0.39 is 12.1 Å². The van der Waals surface area contributed by atoms with Gasteiger partial charge >= 0.3 is 0 Å². The maximum atomic E-state index is 13.2. The van der Waals surface area contributed by atoms with Crippen LogP contribution in [-0.2, 0) is 4.79 Å². The summed E-state index contributed by atoms with van der Waals surface area (Å²) >= 11 is 6.07. The number of carbonyl (C=O) groups is 2. The molecule has 1 saturated heterocycles. The highest BCUT2D eigenvalue weighted by Crippen LogP contribution is 2.28. The Kier molecular flexibility index (Phi) is 6.60. The third kappa shape index (κ3) is 4.83. The average Bonchev–Trinajstić information content (AvgIpc) is 3.49. The van der Waals surface area contributed by atoms with Crippen molar-refractivity contribution in [3.8, 4) is 17.1 Å². The van der Waals surface area contributed by atoms with Crippen molar-refractivity contribution in [1.29, 1.82) is 0 Å². The number of ether oxygens (including phenoxy) is 1. The van der Waals surface area contributed by atoms with Crippen LogP contribution in [0.5, 0.6) is 5.75 Å². The number of hydrogen-bond donors (Lipinski definition) is 1. The molecular formula is C23H22ClFN4O4. The van der Waals surface area contributed by atoms with Crippen LogP contribution in [0.1, 0.15) is 42.1 Å². The van der Waals surface area contributed by atoms with Gasteiger partial charge in [-0.1, -0.05) is 16.8 Å². The average molecular weight is 473 g/mol. The molecular weight excluding hydrogens is 451 g/mol. The van der Waals surface area contributed by atoms with E-state index in [-0.39, 0.29) is 29.3 Å². The van der Waals surface area contributed by atoms with Gasteiger partial charge in [0.25, 0.3) is 5.91 Å². The number of nitrogens with zero attached hydrogens (tertiary/aromatic N) is 3. The number of methoxy groups -OCH3 is 1. The fraction of sp³-hybridized carbons (Fsp3) is 0.304. The molecule has 172 valence electrons. The first-order valence-corrected chi connectivity index (χ1v) is 10.8. The van der Waals surface area contributed by atoms with Gasteiger partial charge in [0, 0.05) is 17.1 Å². The van der Waals surface area contributed by atoms with Crippen molar-refractivity contribution in [3.63, 3.8) is 0 Å². The van der Waals surface area contributed by atoms with Crippen molar-refractivity contribution in [2.75, 3.05) is 13.7 Å². The van der Waals surface area contributed by atoms with Crippen molar-refractivity contribution < 1.29 is 23.2 Å². The molecule has 2 heterocycles. The molecule has 1 aliphatic rings. The molecule has 1 aliphatic heterocycles. The first-order valence-electron chi connectivity index (χ1n) is 10.4. The van der Waals surface area contributed by atoms with Gasteiger partial charge in [0.2, 0.25) is 17.6 Å². The molecule has 2 atom stereocenters. The molecule has 0 bridgehead atoms. The van der Waals surface area contributed by atoms with Crippen LogP contribution in [0.15, 0.2) is 47.0 Å². The molecule has 33 heavy (non-hydrogen) atoms. The fourth-order valence-electron chi connectivity index (χ4n) is 3.78. The molecule has 8 nitrogen and oxygen atoms in total. The summed E-state index contributed by atoms with van der Waals surface area (Å²) in [5.41, 5.74) is 0.895. The van der Waals surface area contributed by atoms with Gasteiger partial charge in [-0.05, 0) is 62.2 Å². The topological polar surface area (TPSA) is 97.6 Å². The molecule has 10 heteroatoms. The van der Waals surface area contributed by atoms with Crippen LogP contribution in [0.25, 0.3) is 11.4 Å². The summed E-state index contributed by atoms with van der Waals surface area (Å²) in [6.45, 7) is 2.15. The zero-order valence-corrected chi connectivity index (χ0v) is 18.8. The Labute approximate surface area is 194 Å². The van der Waals surface area contributed by atoms with Crippen molar-refractivity contribution in [1.82, 2.24) is 20.4 Å². The number of hydrogen-bond acceptors (Lipinski definition) is 6. The smallest absolute Gasteiger partial charge is 0.258 e. The molecule has 1 fully saturated rings. The van der Waals surface area contributed by atoms with E-state index in [9.17, 15) is 14.0 Å². The molecule has 2 aromatic carbocycles. The zero-order valence-electron chi connectivity index (χ0n) is 18.0. The first-order chi connectivity index (χ1) is 15.9. The maximum absolute atomic E-state index is 13.2. The number of carbonyl (C=O) groups excluding carboxylic acids is 2. The molecule has 0 aliphatic carbocycles. The van der Waals surface area contributed by atoms with Gasteiger partial charge in [0.05, 0.1) is 12.7 Å². The summed E-state index contributed by atoms with van der Waals surface area (Å²) in [5.74, 6) is -0.129. The second-order valence-corrected chi connectivity index (χ2v) is 8.13. The number of benzene rings is 2. The molecule has 0 radical (unpaired) electrons. The normalized spacial score (nSPS) is 16.5. The predicted octanol–water partition coefficient (Wildman–Crippen LogP) is 4.02. The number of rotatable bonds is 6. The molecule has 4 rings (SSSR count). The highest BCUT2D eigenvalue weighted by molar-refractivity contribution is 6.31. The lowest BCUT2D eigenvalue weighted by Crippen LogP contribution is -2.46. The van der Waals surface area contributed by atoms with Gasteiger partial charge in [0.1, 0.15) is 23.7 Å². The number of aromatic nitrogens is 2. The van der Waals surface area contributed by atoms with E-state index in [4.69, 9.17) is 20.9 Å². The van der Waals surface area contributed by atoms with Crippen LogP contribution in [0.4, 0.5) is 4.39 Å². The Morgan fingerprint density at radius 1 is 1.27 bits per heavy atom. The van der Waals surface area contributed by atoms with Gasteiger partial charge in [0.15, 0.2) is 0 Å². The van der Waals surface area contributed by atoms with Crippen LogP contribution >= 0.6 is 11.6 Å². The van der Waals surface area contributed by atoms with Gasteiger partial charge in [-0.2, -0.15) is 4.98 Å². The second-order valence-electron chi connectivity index (χ2n) is 7.69. The Hall–Kier alpha value is -3.46. The minimum absolute atomic E-state index is 0.204. The maximum Gasteiger partial charge on any atom is 0.258 e. The summed E-state index contributed by atoms with van der Waals surface area (Å²) in [5, 5.41) is 7.15. The zero-order chi connectivity index (χ0) is 23.5. The summed E-state index contributed by atoms with van der Waals surface area (Å²) in [4.78, 5) is 32.0. The van der Waals surface area contributed by atoms with Gasteiger partial charge < -0.3 is 19.5 Å². The van der Waals surface area contributed by atoms with Gasteiger partial charge in [-0.15, -0.1) is 0 Å². The van der Waals surface area contributed by atoms with E-state index in [1.54, 1.807) is 31.2 Å². The highest BCUT2D eigenvalue weighted by Gasteiger charge is 2.36. The molecule has 2 amide bonds. The van der Waals surface area contributed by atoms with E-state index in [1.807, 2.05) is 0 Å². The Morgan fingerprint density at radius 2 is 2.03 bits per heavy atom. The lowest BCUT2D eigenvalue weighted by atomic mass is 10.1. The summed E-state index contributed by atoms with van der Waals surface area (Å²) < 4.78 is 23.7. The third-order valence-electron chi connectivity index (χ3n) is 5.48. The minimum atomic E-state index is -0.650. The van der Waals surface area contributed by atoms with Gasteiger partial charge in [-0.3, -0.25) is 9.59 Å². The van der Waals surface area contributed by atoms with E-state index in [0.717, 1.165) is 0 Å². The predicted molar refractivity (Wildman–Crippen MR) is 118 cm³/mol. The number of halogens is 2. The molecule has 1 N–H and O–H groups in total. The van der Waals surface area contributed by atoms with Gasteiger partial charge in [-0.25, -0.2) is 4.39 Å². The number of nitrogens with one attached hydrogen (secondary N) is 1. The second kappa shape index (κ2) is 9.58. The van der Waals surface area contributed by atoms with E-state index in [1.165, 1.54) is 30.2 Å². The molecule has 0 spiro atoms. The number of amides is 2. The molecule has 2 unspecified atom stereocenters.